The lowest BCUT2D eigenvalue weighted by atomic mass is 10.1. The minimum atomic E-state index is -0.611. The summed E-state index contributed by atoms with van der Waals surface area (Å²) in [7, 11) is 0. The lowest BCUT2D eigenvalue weighted by Gasteiger charge is -2.25. The first kappa shape index (κ1) is 24.5. The number of amides is 3. The predicted molar refractivity (Wildman–Crippen MR) is 126 cm³/mol. The highest BCUT2D eigenvalue weighted by molar-refractivity contribution is 9.10. The summed E-state index contributed by atoms with van der Waals surface area (Å²) in [6.07, 6.45) is 3.18. The van der Waals surface area contributed by atoms with E-state index < -0.39 is 12.2 Å². The monoisotopic (exact) mass is 518 g/mol. The van der Waals surface area contributed by atoms with E-state index in [4.69, 9.17) is 9.47 Å². The third kappa shape index (κ3) is 7.45. The van der Waals surface area contributed by atoms with Crippen molar-refractivity contribution in [2.45, 2.75) is 32.3 Å². The van der Waals surface area contributed by atoms with E-state index in [9.17, 15) is 14.4 Å². The Morgan fingerprint density at radius 3 is 2.64 bits per heavy atom. The molecule has 0 spiro atoms. The molecule has 1 aromatic carbocycles. The first-order chi connectivity index (χ1) is 15.9. The second-order valence-electron chi connectivity index (χ2n) is 7.54. The topological polar surface area (TPSA) is 110 Å². The Hall–Kier alpha value is -3.14. The van der Waals surface area contributed by atoms with Crippen molar-refractivity contribution in [3.63, 3.8) is 0 Å². The van der Waals surface area contributed by atoms with Gasteiger partial charge in [0.05, 0.1) is 12.2 Å². The van der Waals surface area contributed by atoms with Crippen molar-refractivity contribution in [2.24, 2.45) is 0 Å². The predicted octanol–water partition coefficient (Wildman–Crippen LogP) is 4.51. The van der Waals surface area contributed by atoms with Gasteiger partial charge in [-0.25, -0.2) is 9.59 Å². The molecule has 9 nitrogen and oxygen atoms in total. The minimum Gasteiger partial charge on any atom is -0.448 e. The maximum Gasteiger partial charge on any atom is 0.409 e. The molecule has 0 bridgehead atoms. The fourth-order valence-corrected chi connectivity index (χ4v) is 3.79. The molecule has 0 radical (unpaired) electrons. The number of nitrogens with zero attached hydrogens (tertiary/aromatic N) is 2. The van der Waals surface area contributed by atoms with E-state index in [1.807, 2.05) is 0 Å². The number of nitrogens with one attached hydrogen (secondary N) is 2. The molecule has 0 aliphatic carbocycles. The molecule has 1 saturated heterocycles. The van der Waals surface area contributed by atoms with Crippen LogP contribution in [-0.2, 0) is 9.47 Å². The number of piperidine rings is 1. The van der Waals surface area contributed by atoms with Gasteiger partial charge < -0.3 is 25.0 Å². The van der Waals surface area contributed by atoms with Crippen LogP contribution in [0.25, 0.3) is 0 Å². The Bertz CT molecular complexity index is 967. The maximum atomic E-state index is 12.3. The van der Waals surface area contributed by atoms with E-state index in [0.29, 0.717) is 28.9 Å². The molecule has 10 heteroatoms. The maximum absolute atomic E-state index is 12.3. The number of carbonyl (C=O) groups is 3. The number of ether oxygens (including phenoxy) is 2. The number of pyridine rings is 1. The summed E-state index contributed by atoms with van der Waals surface area (Å²) in [4.78, 5) is 42.0. The van der Waals surface area contributed by atoms with Gasteiger partial charge in [0.15, 0.2) is 0 Å². The van der Waals surface area contributed by atoms with Crippen LogP contribution >= 0.6 is 15.9 Å². The van der Waals surface area contributed by atoms with Gasteiger partial charge in [0.2, 0.25) is 0 Å². The van der Waals surface area contributed by atoms with Gasteiger partial charge in [0.1, 0.15) is 18.4 Å². The molecular formula is C23H27BrN4O5. The van der Waals surface area contributed by atoms with Crippen LogP contribution in [0.2, 0.25) is 0 Å². The second kappa shape index (κ2) is 12.2. The van der Waals surface area contributed by atoms with E-state index in [0.717, 1.165) is 24.8 Å². The first-order valence-corrected chi connectivity index (χ1v) is 11.6. The number of anilines is 1. The molecule has 2 aromatic rings. The Morgan fingerprint density at radius 2 is 1.94 bits per heavy atom. The third-order valence-corrected chi connectivity index (χ3v) is 5.76. The van der Waals surface area contributed by atoms with Gasteiger partial charge in [-0.3, -0.25) is 9.78 Å². The lowest BCUT2D eigenvalue weighted by Crippen LogP contribution is -2.37. The Labute approximate surface area is 201 Å². The molecule has 2 heterocycles. The van der Waals surface area contributed by atoms with E-state index in [2.05, 4.69) is 31.5 Å². The van der Waals surface area contributed by atoms with Crippen molar-refractivity contribution < 1.29 is 23.9 Å². The molecule has 0 saturated carbocycles. The zero-order chi connectivity index (χ0) is 23.6. The van der Waals surface area contributed by atoms with Crippen LogP contribution in [0.15, 0.2) is 47.1 Å². The fourth-order valence-electron chi connectivity index (χ4n) is 3.30. The number of carbonyl (C=O) groups excluding carboxylic acids is 3. The first-order valence-electron chi connectivity index (χ1n) is 10.8. The van der Waals surface area contributed by atoms with Crippen molar-refractivity contribution in [2.75, 3.05) is 31.6 Å². The van der Waals surface area contributed by atoms with Crippen LogP contribution in [-0.4, -0.2) is 54.2 Å². The van der Waals surface area contributed by atoms with Crippen molar-refractivity contribution in [1.82, 2.24) is 15.2 Å². The molecule has 1 atom stereocenters. The molecule has 176 valence electrons. The summed E-state index contributed by atoms with van der Waals surface area (Å²) in [5.74, 6) is -0.325. The molecule has 1 aliphatic heterocycles. The van der Waals surface area contributed by atoms with Crippen molar-refractivity contribution in [3.05, 3.63) is 58.3 Å². The average molecular weight is 519 g/mol. The van der Waals surface area contributed by atoms with Crippen LogP contribution in [0.1, 0.15) is 48.3 Å². The molecule has 33 heavy (non-hydrogen) atoms. The van der Waals surface area contributed by atoms with E-state index in [1.165, 1.54) is 0 Å². The summed E-state index contributed by atoms with van der Waals surface area (Å²) in [5, 5.41) is 5.37. The smallest absolute Gasteiger partial charge is 0.409 e. The second-order valence-corrected chi connectivity index (χ2v) is 8.40. The van der Waals surface area contributed by atoms with E-state index in [1.54, 1.807) is 54.4 Å². The van der Waals surface area contributed by atoms with Crippen LogP contribution in [0.3, 0.4) is 0 Å². The van der Waals surface area contributed by atoms with Gasteiger partial charge >= 0.3 is 12.2 Å². The molecule has 3 amide bonds. The summed E-state index contributed by atoms with van der Waals surface area (Å²) in [5.41, 5.74) is 1.62. The van der Waals surface area contributed by atoms with Crippen molar-refractivity contribution in [1.29, 1.82) is 0 Å². The molecule has 3 rings (SSSR count). The number of hydrogen-bond acceptors (Lipinski definition) is 6. The molecule has 2 N–H and O–H groups in total. The number of likely N-dealkylation sites (tertiary alicyclic amines) is 1. The van der Waals surface area contributed by atoms with Crippen molar-refractivity contribution in [3.8, 4) is 0 Å². The number of hydrogen-bond donors (Lipinski definition) is 2. The number of halogens is 1. The quantitative estimate of drug-likeness (QED) is 0.522. The Kier molecular flexibility index (Phi) is 9.05. The van der Waals surface area contributed by atoms with Crippen LogP contribution in [0.5, 0.6) is 0 Å². The number of rotatable bonds is 7. The summed E-state index contributed by atoms with van der Waals surface area (Å²) < 4.78 is 11.2. The van der Waals surface area contributed by atoms with Crippen molar-refractivity contribution >= 4 is 39.7 Å². The molecule has 1 unspecified atom stereocenters. The highest BCUT2D eigenvalue weighted by atomic mass is 79.9. The average Bonchev–Trinajstić information content (AvgIpc) is 2.84. The van der Waals surface area contributed by atoms with Gasteiger partial charge in [-0.05, 0) is 71.9 Å². The number of aromatic nitrogens is 1. The number of alkyl carbamates (subject to hydrolysis) is 1. The van der Waals surface area contributed by atoms with Gasteiger partial charge in [0.25, 0.3) is 5.91 Å². The Morgan fingerprint density at radius 1 is 1.15 bits per heavy atom. The van der Waals surface area contributed by atoms with Crippen LogP contribution in [0.4, 0.5) is 15.3 Å². The van der Waals surface area contributed by atoms with E-state index in [-0.39, 0.29) is 25.2 Å². The fraction of sp³-hybridized carbons (Fsp3) is 0.391. The zero-order valence-electron chi connectivity index (χ0n) is 18.4. The summed E-state index contributed by atoms with van der Waals surface area (Å²) >= 11 is 3.44. The van der Waals surface area contributed by atoms with Gasteiger partial charge in [-0.15, -0.1) is 0 Å². The largest absolute Gasteiger partial charge is 0.448 e. The Balaban J connectivity index is 1.42. The van der Waals surface area contributed by atoms with Gasteiger partial charge in [-0.1, -0.05) is 12.1 Å². The molecule has 1 aromatic heterocycles. The number of benzene rings is 1. The van der Waals surface area contributed by atoms with Gasteiger partial charge in [-0.2, -0.15) is 0 Å². The molecule has 1 aliphatic rings. The third-order valence-electron chi connectivity index (χ3n) is 5.10. The minimum absolute atomic E-state index is 0.0784. The normalized spacial score (nSPS) is 14.2. The molecule has 1 fully saturated rings. The highest BCUT2D eigenvalue weighted by Crippen LogP contribution is 2.28. The molecular weight excluding hydrogens is 492 g/mol. The van der Waals surface area contributed by atoms with Crippen LogP contribution < -0.4 is 10.6 Å². The van der Waals surface area contributed by atoms with Crippen LogP contribution in [0, 0.1) is 0 Å². The SMILES string of the molecule is CC(OC(=O)NCCOC(=O)N1CCCCC1)c1ccc(NC(=O)c2ccccn2)c(Br)c1. The zero-order valence-corrected chi connectivity index (χ0v) is 20.0. The standard InChI is InChI=1S/C23H27BrN4O5/c1-16(33-22(30)26-11-14-32-23(31)28-12-5-2-6-13-28)17-8-9-19(18(24)15-17)27-21(29)20-7-3-4-10-25-20/h3-4,7-10,15-16H,2,5-6,11-14H2,1H3,(H,26,30)(H,27,29). The summed E-state index contributed by atoms with van der Waals surface area (Å²) in [6.45, 7) is 3.41. The highest BCUT2D eigenvalue weighted by Gasteiger charge is 2.18. The van der Waals surface area contributed by atoms with Gasteiger partial charge in [0, 0.05) is 23.8 Å². The summed E-state index contributed by atoms with van der Waals surface area (Å²) in [6, 6.07) is 10.4. The lowest BCUT2D eigenvalue weighted by molar-refractivity contribution is 0.0882. The van der Waals surface area contributed by atoms with E-state index >= 15 is 0 Å².